The molecule has 0 N–H and O–H groups in total. The van der Waals surface area contributed by atoms with Crippen molar-refractivity contribution in [1.29, 1.82) is 0 Å². The molecule has 5 nitrogen and oxygen atoms in total. The minimum absolute atomic E-state index is 0.0149. The summed E-state index contributed by atoms with van der Waals surface area (Å²) in [7, 11) is 0. The zero-order valence-electron chi connectivity index (χ0n) is 11.9. The number of hydrogen-bond donors (Lipinski definition) is 0. The Balaban J connectivity index is 2.00. The molecule has 0 amide bonds. The molecule has 1 aromatic carbocycles. The Bertz CT molecular complexity index is 706. The number of aromatic nitrogens is 1. The van der Waals surface area contributed by atoms with E-state index in [1.54, 1.807) is 6.20 Å². The number of oxime groups is 1. The highest BCUT2D eigenvalue weighted by molar-refractivity contribution is 6.09. The first-order valence-electron chi connectivity index (χ1n) is 6.87. The summed E-state index contributed by atoms with van der Waals surface area (Å²) in [5, 5.41) is 6.21. The molecule has 1 aromatic heterocycles. The first-order valence-corrected chi connectivity index (χ1v) is 6.87. The van der Waals surface area contributed by atoms with E-state index in [1.807, 2.05) is 44.2 Å². The van der Waals surface area contributed by atoms with Crippen LogP contribution in [0.15, 0.2) is 41.7 Å². The van der Waals surface area contributed by atoms with Crippen molar-refractivity contribution in [2.45, 2.75) is 26.1 Å². The van der Waals surface area contributed by atoms with Gasteiger partial charge in [0.15, 0.2) is 0 Å². The Labute approximate surface area is 122 Å². The van der Waals surface area contributed by atoms with Gasteiger partial charge in [0.25, 0.3) is 12.3 Å². The standard InChI is InChI=1S/C16H16N2O3/c1-11(2)16(20-10-19)9-14(18-21-16)15-13-6-4-3-5-12(13)7-8-17-15/h3-8,10-11H,9H2,1-2H3/t16-/m1/s1. The van der Waals surface area contributed by atoms with Gasteiger partial charge in [-0.2, -0.15) is 0 Å². The van der Waals surface area contributed by atoms with Crippen LogP contribution in [-0.4, -0.2) is 23.0 Å². The molecular formula is C16H16N2O3. The fourth-order valence-corrected chi connectivity index (χ4v) is 2.50. The van der Waals surface area contributed by atoms with Crippen LogP contribution in [0.2, 0.25) is 0 Å². The zero-order chi connectivity index (χ0) is 14.9. The Morgan fingerprint density at radius 1 is 1.33 bits per heavy atom. The lowest BCUT2D eigenvalue weighted by Crippen LogP contribution is -2.38. The van der Waals surface area contributed by atoms with Crippen LogP contribution in [0.3, 0.4) is 0 Å². The van der Waals surface area contributed by atoms with E-state index in [0.29, 0.717) is 18.6 Å². The van der Waals surface area contributed by atoms with Crippen molar-refractivity contribution in [1.82, 2.24) is 4.98 Å². The van der Waals surface area contributed by atoms with Crippen LogP contribution in [0.5, 0.6) is 0 Å². The maximum atomic E-state index is 10.8. The summed E-state index contributed by atoms with van der Waals surface area (Å²) < 4.78 is 5.17. The van der Waals surface area contributed by atoms with Crippen molar-refractivity contribution in [3.05, 3.63) is 42.2 Å². The van der Waals surface area contributed by atoms with Gasteiger partial charge in [-0.15, -0.1) is 0 Å². The fraction of sp³-hybridized carbons (Fsp3) is 0.312. The monoisotopic (exact) mass is 284 g/mol. The number of rotatable bonds is 4. The summed E-state index contributed by atoms with van der Waals surface area (Å²) in [6.45, 7) is 4.27. The van der Waals surface area contributed by atoms with E-state index in [1.165, 1.54) is 0 Å². The maximum absolute atomic E-state index is 10.8. The number of fused-ring (bicyclic) bond motifs is 1. The first-order chi connectivity index (χ1) is 10.2. The van der Waals surface area contributed by atoms with E-state index < -0.39 is 5.79 Å². The second-order valence-electron chi connectivity index (χ2n) is 5.37. The molecule has 108 valence electrons. The van der Waals surface area contributed by atoms with Crippen LogP contribution in [0.25, 0.3) is 10.8 Å². The van der Waals surface area contributed by atoms with Crippen LogP contribution in [0.1, 0.15) is 26.0 Å². The quantitative estimate of drug-likeness (QED) is 0.810. The molecule has 5 heteroatoms. The van der Waals surface area contributed by atoms with Crippen molar-refractivity contribution in [3.63, 3.8) is 0 Å². The molecule has 2 heterocycles. The Morgan fingerprint density at radius 2 is 2.14 bits per heavy atom. The average molecular weight is 284 g/mol. The molecule has 0 fully saturated rings. The van der Waals surface area contributed by atoms with Crippen molar-refractivity contribution in [3.8, 4) is 0 Å². The summed E-state index contributed by atoms with van der Waals surface area (Å²) in [5.41, 5.74) is 1.47. The summed E-state index contributed by atoms with van der Waals surface area (Å²) >= 11 is 0. The minimum Gasteiger partial charge on any atom is -0.422 e. The second-order valence-corrected chi connectivity index (χ2v) is 5.37. The topological polar surface area (TPSA) is 60.8 Å². The molecule has 1 atom stereocenters. The molecule has 0 bridgehead atoms. The van der Waals surface area contributed by atoms with Gasteiger partial charge in [-0.1, -0.05) is 43.3 Å². The molecule has 0 radical (unpaired) electrons. The molecule has 2 aromatic rings. The lowest BCUT2D eigenvalue weighted by atomic mass is 9.95. The average Bonchev–Trinajstić information content (AvgIpc) is 2.92. The molecule has 21 heavy (non-hydrogen) atoms. The van der Waals surface area contributed by atoms with Gasteiger partial charge in [0.05, 0.1) is 12.1 Å². The van der Waals surface area contributed by atoms with Crippen molar-refractivity contribution in [2.75, 3.05) is 0 Å². The molecule has 0 unspecified atom stereocenters. The van der Waals surface area contributed by atoms with Gasteiger partial charge in [-0.05, 0) is 11.5 Å². The smallest absolute Gasteiger partial charge is 0.296 e. The second kappa shape index (κ2) is 5.16. The van der Waals surface area contributed by atoms with E-state index in [2.05, 4.69) is 10.1 Å². The van der Waals surface area contributed by atoms with E-state index >= 15 is 0 Å². The van der Waals surface area contributed by atoms with Crippen LogP contribution in [-0.2, 0) is 14.4 Å². The normalized spacial score (nSPS) is 21.2. The van der Waals surface area contributed by atoms with Crippen molar-refractivity contribution < 1.29 is 14.4 Å². The Kier molecular flexibility index (Phi) is 3.33. The molecule has 0 spiro atoms. The molecule has 3 rings (SSSR count). The van der Waals surface area contributed by atoms with Crippen LogP contribution in [0.4, 0.5) is 0 Å². The number of hydrogen-bond acceptors (Lipinski definition) is 5. The predicted molar refractivity (Wildman–Crippen MR) is 78.7 cm³/mol. The molecular weight excluding hydrogens is 268 g/mol. The minimum atomic E-state index is -1.03. The molecule has 0 aliphatic carbocycles. The van der Waals surface area contributed by atoms with Crippen molar-refractivity contribution >= 4 is 23.0 Å². The lowest BCUT2D eigenvalue weighted by Gasteiger charge is -2.27. The molecule has 1 aliphatic heterocycles. The van der Waals surface area contributed by atoms with Crippen LogP contribution in [0, 0.1) is 5.92 Å². The predicted octanol–water partition coefficient (Wildman–Crippen LogP) is 2.88. The Morgan fingerprint density at radius 3 is 2.90 bits per heavy atom. The van der Waals surface area contributed by atoms with Gasteiger partial charge >= 0.3 is 0 Å². The van der Waals surface area contributed by atoms with Gasteiger partial charge in [0.2, 0.25) is 0 Å². The summed E-state index contributed by atoms with van der Waals surface area (Å²) in [6, 6.07) is 9.91. The third kappa shape index (κ3) is 2.24. The Hall–Kier alpha value is -2.43. The van der Waals surface area contributed by atoms with Crippen molar-refractivity contribution in [2.24, 2.45) is 11.1 Å². The van der Waals surface area contributed by atoms with Gasteiger partial charge in [-0.3, -0.25) is 9.78 Å². The lowest BCUT2D eigenvalue weighted by molar-refractivity contribution is -0.229. The number of pyridine rings is 1. The third-order valence-corrected chi connectivity index (χ3v) is 3.80. The largest absolute Gasteiger partial charge is 0.422 e. The van der Waals surface area contributed by atoms with Gasteiger partial charge in [0, 0.05) is 17.5 Å². The van der Waals surface area contributed by atoms with Gasteiger partial charge in [0.1, 0.15) is 5.71 Å². The number of nitrogens with zero attached hydrogens (tertiary/aromatic N) is 2. The van der Waals surface area contributed by atoms with Gasteiger partial charge in [-0.25, -0.2) is 0 Å². The summed E-state index contributed by atoms with van der Waals surface area (Å²) in [6.07, 6.45) is 2.14. The third-order valence-electron chi connectivity index (χ3n) is 3.80. The maximum Gasteiger partial charge on any atom is 0.296 e. The molecule has 0 saturated heterocycles. The highest BCUT2D eigenvalue weighted by Gasteiger charge is 2.45. The number of carbonyl (C=O) groups excluding carboxylic acids is 1. The zero-order valence-corrected chi connectivity index (χ0v) is 11.9. The summed E-state index contributed by atoms with van der Waals surface area (Å²) in [5.74, 6) is -1.05. The van der Waals surface area contributed by atoms with E-state index in [-0.39, 0.29) is 5.92 Å². The van der Waals surface area contributed by atoms with E-state index in [4.69, 9.17) is 9.57 Å². The van der Waals surface area contributed by atoms with E-state index in [0.717, 1.165) is 16.5 Å². The highest BCUT2D eigenvalue weighted by atomic mass is 16.8. The number of ether oxygens (including phenoxy) is 1. The van der Waals surface area contributed by atoms with E-state index in [9.17, 15) is 4.79 Å². The first kappa shape index (κ1) is 13.5. The molecule has 0 saturated carbocycles. The van der Waals surface area contributed by atoms with Crippen LogP contribution >= 0.6 is 0 Å². The number of benzene rings is 1. The SMILES string of the molecule is CC(C)[C@@]1(OC=O)CC(c2nccc3ccccc23)=NO1. The van der Waals surface area contributed by atoms with Crippen LogP contribution < -0.4 is 0 Å². The highest BCUT2D eigenvalue weighted by Crippen LogP contribution is 2.35. The summed E-state index contributed by atoms with van der Waals surface area (Å²) in [4.78, 5) is 20.6. The number of carbonyl (C=O) groups is 1. The van der Waals surface area contributed by atoms with Gasteiger partial charge < -0.3 is 9.57 Å². The molecule has 1 aliphatic rings. The fourth-order valence-electron chi connectivity index (χ4n) is 2.50.